The lowest BCUT2D eigenvalue weighted by Crippen LogP contribution is -2.38. The van der Waals surface area contributed by atoms with Crippen molar-refractivity contribution < 1.29 is 0 Å². The van der Waals surface area contributed by atoms with Crippen LogP contribution < -0.4 is 5.32 Å². The summed E-state index contributed by atoms with van der Waals surface area (Å²) in [4.78, 5) is 0. The van der Waals surface area contributed by atoms with E-state index < -0.39 is 0 Å². The number of hydrogen-bond acceptors (Lipinski definition) is 1. The van der Waals surface area contributed by atoms with Crippen LogP contribution in [0.4, 0.5) is 0 Å². The Morgan fingerprint density at radius 1 is 0.950 bits per heavy atom. The van der Waals surface area contributed by atoms with Gasteiger partial charge in [0.25, 0.3) is 0 Å². The normalized spacial score (nSPS) is 23.5. The Labute approximate surface area is 128 Å². The van der Waals surface area contributed by atoms with E-state index in [1.165, 1.54) is 50.5 Å². The molecule has 0 amide bonds. The maximum absolute atomic E-state index is 6.02. The predicted molar refractivity (Wildman–Crippen MR) is 86.1 cm³/mol. The van der Waals surface area contributed by atoms with Crippen LogP contribution in [0.25, 0.3) is 0 Å². The van der Waals surface area contributed by atoms with Crippen LogP contribution in [0, 0.1) is 11.8 Å². The molecule has 1 aromatic rings. The van der Waals surface area contributed by atoms with Crippen molar-refractivity contribution in [2.45, 2.75) is 64.0 Å². The highest BCUT2D eigenvalue weighted by Crippen LogP contribution is 2.42. The van der Waals surface area contributed by atoms with Gasteiger partial charge in [-0.2, -0.15) is 0 Å². The summed E-state index contributed by atoms with van der Waals surface area (Å²) in [5.74, 6) is 1.71. The highest BCUT2D eigenvalue weighted by atomic mass is 35.5. The third-order valence-corrected chi connectivity index (χ3v) is 5.37. The minimum atomic E-state index is 0.532. The Bertz CT molecular complexity index is 418. The molecule has 1 aromatic carbocycles. The van der Waals surface area contributed by atoms with Crippen molar-refractivity contribution in [2.24, 2.45) is 11.8 Å². The Balaban J connectivity index is 1.66. The molecule has 1 unspecified atom stereocenters. The third-order valence-electron chi connectivity index (χ3n) is 5.12. The van der Waals surface area contributed by atoms with Gasteiger partial charge in [0.2, 0.25) is 0 Å². The van der Waals surface area contributed by atoms with Crippen LogP contribution in [0.15, 0.2) is 24.3 Å². The molecule has 0 radical (unpaired) electrons. The van der Waals surface area contributed by atoms with Crippen LogP contribution in [0.1, 0.15) is 63.5 Å². The molecule has 0 saturated heterocycles. The molecule has 0 aliphatic heterocycles. The van der Waals surface area contributed by atoms with E-state index in [1.54, 1.807) is 0 Å². The summed E-state index contributed by atoms with van der Waals surface area (Å²) in [5.41, 5.74) is 1.42. The molecule has 1 nitrogen and oxygen atoms in total. The molecule has 2 heteroatoms. The first-order valence-electron chi connectivity index (χ1n) is 8.25. The molecule has 0 aromatic heterocycles. The van der Waals surface area contributed by atoms with Gasteiger partial charge in [-0.1, -0.05) is 43.0 Å². The van der Waals surface area contributed by atoms with E-state index in [9.17, 15) is 0 Å². The zero-order valence-electron chi connectivity index (χ0n) is 12.4. The molecular formula is C18H26ClN. The Morgan fingerprint density at radius 3 is 2.20 bits per heavy atom. The van der Waals surface area contributed by atoms with Crippen LogP contribution in [0.5, 0.6) is 0 Å². The number of benzene rings is 1. The minimum Gasteiger partial charge on any atom is -0.307 e. The van der Waals surface area contributed by atoms with Gasteiger partial charge in [0.1, 0.15) is 0 Å². The van der Waals surface area contributed by atoms with Gasteiger partial charge in [-0.25, -0.2) is 0 Å². The lowest BCUT2D eigenvalue weighted by molar-refractivity contribution is 0.257. The maximum Gasteiger partial charge on any atom is 0.0406 e. The van der Waals surface area contributed by atoms with E-state index in [1.807, 2.05) is 12.1 Å². The molecule has 2 saturated carbocycles. The van der Waals surface area contributed by atoms with E-state index in [2.05, 4.69) is 24.4 Å². The van der Waals surface area contributed by atoms with Gasteiger partial charge < -0.3 is 5.32 Å². The Kier molecular flexibility index (Phi) is 4.68. The fourth-order valence-electron chi connectivity index (χ4n) is 3.66. The third kappa shape index (κ3) is 3.56. The SMILES string of the molecule is C[C@@H](NC(c1ccc(Cl)cc1)C1CC1)C1CCCCC1. The summed E-state index contributed by atoms with van der Waals surface area (Å²) in [6.07, 6.45) is 9.84. The topological polar surface area (TPSA) is 12.0 Å². The van der Waals surface area contributed by atoms with Crippen molar-refractivity contribution >= 4 is 11.6 Å². The second-order valence-corrected chi connectivity index (χ2v) is 7.16. The quantitative estimate of drug-likeness (QED) is 0.771. The van der Waals surface area contributed by atoms with E-state index in [0.29, 0.717) is 12.1 Å². The van der Waals surface area contributed by atoms with Gasteiger partial charge in [0.05, 0.1) is 0 Å². The molecule has 0 heterocycles. The second kappa shape index (κ2) is 6.49. The summed E-state index contributed by atoms with van der Waals surface area (Å²) < 4.78 is 0. The fourth-order valence-corrected chi connectivity index (χ4v) is 3.78. The minimum absolute atomic E-state index is 0.532. The zero-order valence-corrected chi connectivity index (χ0v) is 13.2. The van der Waals surface area contributed by atoms with Crippen molar-refractivity contribution in [3.05, 3.63) is 34.9 Å². The summed E-state index contributed by atoms with van der Waals surface area (Å²) in [6.45, 7) is 2.39. The van der Waals surface area contributed by atoms with Crippen LogP contribution in [0.3, 0.4) is 0 Å². The predicted octanol–water partition coefficient (Wildman–Crippen LogP) is 5.35. The van der Waals surface area contributed by atoms with Gasteiger partial charge in [-0.05, 0) is 62.1 Å². The first-order valence-corrected chi connectivity index (χ1v) is 8.63. The summed E-state index contributed by atoms with van der Waals surface area (Å²) in [7, 11) is 0. The highest BCUT2D eigenvalue weighted by Gasteiger charge is 2.34. The van der Waals surface area contributed by atoms with E-state index in [0.717, 1.165) is 16.9 Å². The lowest BCUT2D eigenvalue weighted by Gasteiger charge is -2.32. The van der Waals surface area contributed by atoms with E-state index >= 15 is 0 Å². The molecule has 0 spiro atoms. The maximum atomic E-state index is 6.02. The molecule has 20 heavy (non-hydrogen) atoms. The fraction of sp³-hybridized carbons (Fsp3) is 0.667. The van der Waals surface area contributed by atoms with Crippen molar-refractivity contribution in [3.8, 4) is 0 Å². The molecule has 1 N–H and O–H groups in total. The first-order chi connectivity index (χ1) is 9.74. The lowest BCUT2D eigenvalue weighted by atomic mass is 9.84. The number of rotatable bonds is 5. The van der Waals surface area contributed by atoms with Crippen molar-refractivity contribution in [3.63, 3.8) is 0 Å². The molecule has 2 aliphatic carbocycles. The summed E-state index contributed by atoms with van der Waals surface area (Å²) in [6, 6.07) is 9.62. The molecule has 0 bridgehead atoms. The van der Waals surface area contributed by atoms with Gasteiger partial charge in [0.15, 0.2) is 0 Å². The van der Waals surface area contributed by atoms with Crippen LogP contribution in [0.2, 0.25) is 5.02 Å². The van der Waals surface area contributed by atoms with E-state index in [-0.39, 0.29) is 0 Å². The molecule has 2 aliphatic rings. The molecule has 2 atom stereocenters. The molecule has 2 fully saturated rings. The van der Waals surface area contributed by atoms with Crippen LogP contribution in [-0.2, 0) is 0 Å². The molecular weight excluding hydrogens is 266 g/mol. The first kappa shape index (κ1) is 14.4. The average Bonchev–Trinajstić information content (AvgIpc) is 3.31. The Morgan fingerprint density at radius 2 is 1.60 bits per heavy atom. The van der Waals surface area contributed by atoms with Crippen molar-refractivity contribution in [1.82, 2.24) is 5.32 Å². The monoisotopic (exact) mass is 291 g/mol. The second-order valence-electron chi connectivity index (χ2n) is 6.72. The number of nitrogens with one attached hydrogen (secondary N) is 1. The summed E-state index contributed by atoms with van der Waals surface area (Å²) in [5, 5.41) is 4.78. The summed E-state index contributed by atoms with van der Waals surface area (Å²) >= 11 is 6.02. The standard InChI is InChI=1S/C18H26ClN/c1-13(14-5-3-2-4-6-14)20-18(15-7-8-15)16-9-11-17(19)12-10-16/h9-15,18,20H,2-8H2,1H3/t13-,18?/m1/s1. The highest BCUT2D eigenvalue weighted by molar-refractivity contribution is 6.30. The van der Waals surface area contributed by atoms with Gasteiger partial charge in [-0.15, -0.1) is 0 Å². The Hall–Kier alpha value is -0.530. The zero-order chi connectivity index (χ0) is 13.9. The molecule has 110 valence electrons. The van der Waals surface area contributed by atoms with Gasteiger partial charge in [-0.3, -0.25) is 0 Å². The van der Waals surface area contributed by atoms with Gasteiger partial charge in [0, 0.05) is 17.1 Å². The van der Waals surface area contributed by atoms with Crippen molar-refractivity contribution in [1.29, 1.82) is 0 Å². The average molecular weight is 292 g/mol. The van der Waals surface area contributed by atoms with Crippen molar-refractivity contribution in [2.75, 3.05) is 0 Å². The van der Waals surface area contributed by atoms with E-state index in [4.69, 9.17) is 11.6 Å². The number of hydrogen-bond donors (Lipinski definition) is 1. The van der Waals surface area contributed by atoms with Crippen LogP contribution >= 0.6 is 11.6 Å². The van der Waals surface area contributed by atoms with Gasteiger partial charge >= 0.3 is 0 Å². The smallest absolute Gasteiger partial charge is 0.0406 e. The largest absolute Gasteiger partial charge is 0.307 e. The molecule has 3 rings (SSSR count). The van der Waals surface area contributed by atoms with Crippen LogP contribution in [-0.4, -0.2) is 6.04 Å². The number of halogens is 1.